The van der Waals surface area contributed by atoms with Gasteiger partial charge in [-0.2, -0.15) is 11.8 Å². The van der Waals surface area contributed by atoms with Gasteiger partial charge in [0.1, 0.15) is 5.76 Å². The number of furan rings is 1. The summed E-state index contributed by atoms with van der Waals surface area (Å²) < 4.78 is 5.12. The van der Waals surface area contributed by atoms with Gasteiger partial charge in [0.2, 0.25) is 0 Å². The van der Waals surface area contributed by atoms with Crippen LogP contribution in [0.25, 0.3) is 0 Å². The van der Waals surface area contributed by atoms with Gasteiger partial charge in [-0.3, -0.25) is 0 Å². The van der Waals surface area contributed by atoms with Crippen molar-refractivity contribution in [3.63, 3.8) is 0 Å². The molecule has 0 spiro atoms. The molecule has 0 aliphatic heterocycles. The van der Waals surface area contributed by atoms with E-state index in [0.717, 1.165) is 11.5 Å². The van der Waals surface area contributed by atoms with Crippen LogP contribution in [0.5, 0.6) is 0 Å². The lowest BCUT2D eigenvalue weighted by atomic mass is 10.3. The highest BCUT2D eigenvalue weighted by Crippen LogP contribution is 2.20. The molecule has 0 aromatic carbocycles. The normalized spacial score (nSPS) is 13.4. The fourth-order valence-corrected chi connectivity index (χ4v) is 1.46. The number of hydrogen-bond donors (Lipinski definition) is 1. The number of halogens is 1. The molecule has 0 aliphatic rings. The lowest BCUT2D eigenvalue weighted by molar-refractivity contribution is 0.484. The Balaban J connectivity index is 2.60. The molecule has 62 valence electrons. The van der Waals surface area contributed by atoms with Gasteiger partial charge in [-0.05, 0) is 30.0 Å². The molecule has 0 amide bonds. The van der Waals surface area contributed by atoms with E-state index < -0.39 is 0 Å². The van der Waals surface area contributed by atoms with Gasteiger partial charge in [-0.15, -0.1) is 0 Å². The van der Waals surface area contributed by atoms with Gasteiger partial charge in [0.15, 0.2) is 5.22 Å². The molecule has 4 heteroatoms. The zero-order chi connectivity index (χ0) is 8.27. The zero-order valence-electron chi connectivity index (χ0n) is 6.21. The van der Waals surface area contributed by atoms with Crippen molar-refractivity contribution in [2.45, 2.75) is 6.04 Å². The maximum absolute atomic E-state index is 5.75. The fourth-order valence-electron chi connectivity index (χ4n) is 0.789. The Morgan fingerprint density at radius 3 is 2.91 bits per heavy atom. The lowest BCUT2D eigenvalue weighted by Gasteiger charge is -2.04. The van der Waals surface area contributed by atoms with Crippen molar-refractivity contribution in [3.05, 3.63) is 23.1 Å². The van der Waals surface area contributed by atoms with Crippen molar-refractivity contribution in [1.29, 1.82) is 0 Å². The molecule has 0 fully saturated rings. The monoisotopic (exact) mass is 191 g/mol. The lowest BCUT2D eigenvalue weighted by Crippen LogP contribution is -2.11. The molecule has 0 saturated carbocycles. The maximum Gasteiger partial charge on any atom is 0.193 e. The van der Waals surface area contributed by atoms with Crippen LogP contribution < -0.4 is 5.73 Å². The minimum atomic E-state index is -0.0440. The highest BCUT2D eigenvalue weighted by molar-refractivity contribution is 7.98. The third-order valence-electron chi connectivity index (χ3n) is 1.31. The molecule has 1 aromatic rings. The first kappa shape index (κ1) is 8.97. The first-order valence-corrected chi connectivity index (χ1v) is 5.01. The van der Waals surface area contributed by atoms with E-state index in [4.69, 9.17) is 21.8 Å². The van der Waals surface area contributed by atoms with Crippen LogP contribution in [0.3, 0.4) is 0 Å². The second kappa shape index (κ2) is 4.04. The van der Waals surface area contributed by atoms with Crippen molar-refractivity contribution in [2.24, 2.45) is 5.73 Å². The molecule has 0 saturated heterocycles. The molecule has 1 heterocycles. The molecule has 1 rings (SSSR count). The molecule has 1 atom stereocenters. The quantitative estimate of drug-likeness (QED) is 0.797. The van der Waals surface area contributed by atoms with Crippen LogP contribution in [0.1, 0.15) is 11.8 Å². The number of nitrogens with two attached hydrogens (primary N) is 1. The van der Waals surface area contributed by atoms with Gasteiger partial charge in [-0.25, -0.2) is 0 Å². The molecule has 11 heavy (non-hydrogen) atoms. The maximum atomic E-state index is 5.75. The first-order chi connectivity index (χ1) is 5.24. The van der Waals surface area contributed by atoms with E-state index >= 15 is 0 Å². The van der Waals surface area contributed by atoms with Crippen molar-refractivity contribution < 1.29 is 4.42 Å². The van der Waals surface area contributed by atoms with Crippen LogP contribution >= 0.6 is 23.4 Å². The fraction of sp³-hybridized carbons (Fsp3) is 0.429. The van der Waals surface area contributed by atoms with E-state index in [0.29, 0.717) is 5.22 Å². The molecule has 1 aromatic heterocycles. The number of hydrogen-bond acceptors (Lipinski definition) is 3. The number of rotatable bonds is 3. The average Bonchev–Trinajstić information content (AvgIpc) is 2.36. The van der Waals surface area contributed by atoms with Crippen LogP contribution in [-0.2, 0) is 0 Å². The van der Waals surface area contributed by atoms with Crippen molar-refractivity contribution in [1.82, 2.24) is 0 Å². The summed E-state index contributed by atoms with van der Waals surface area (Å²) in [6, 6.07) is 3.47. The third kappa shape index (κ3) is 2.43. The summed E-state index contributed by atoms with van der Waals surface area (Å²) in [5, 5.41) is 0.400. The second-order valence-electron chi connectivity index (χ2n) is 2.20. The molecule has 0 bridgehead atoms. The Kier molecular flexibility index (Phi) is 3.30. The van der Waals surface area contributed by atoms with Gasteiger partial charge in [0.25, 0.3) is 0 Å². The van der Waals surface area contributed by atoms with Crippen molar-refractivity contribution >= 4 is 23.4 Å². The SMILES string of the molecule is CSCC(N)c1ccc(Cl)o1. The smallest absolute Gasteiger partial charge is 0.193 e. The standard InChI is InChI=1S/C7H10ClNOS/c1-11-4-5(9)6-2-3-7(8)10-6/h2-3,5H,4,9H2,1H3. The summed E-state index contributed by atoms with van der Waals surface area (Å²) in [6.45, 7) is 0. The summed E-state index contributed by atoms with van der Waals surface area (Å²) >= 11 is 7.26. The predicted octanol–water partition coefficient (Wildman–Crippen LogP) is 2.30. The summed E-state index contributed by atoms with van der Waals surface area (Å²) in [5.41, 5.74) is 5.75. The summed E-state index contributed by atoms with van der Waals surface area (Å²) in [7, 11) is 0. The Morgan fingerprint density at radius 1 is 1.73 bits per heavy atom. The topological polar surface area (TPSA) is 39.2 Å². The average molecular weight is 192 g/mol. The predicted molar refractivity (Wildman–Crippen MR) is 49.0 cm³/mol. The molecule has 0 radical (unpaired) electrons. The Labute approximate surface area is 75.1 Å². The van der Waals surface area contributed by atoms with Gasteiger partial charge >= 0.3 is 0 Å². The Hall–Kier alpha value is -0.120. The van der Waals surface area contributed by atoms with E-state index in [1.54, 1.807) is 17.8 Å². The van der Waals surface area contributed by atoms with Gasteiger partial charge < -0.3 is 10.2 Å². The highest BCUT2D eigenvalue weighted by Gasteiger charge is 2.08. The Bertz CT molecular complexity index is 226. The summed E-state index contributed by atoms with van der Waals surface area (Å²) in [6.07, 6.45) is 2.00. The van der Waals surface area contributed by atoms with Crippen LogP contribution in [0, 0.1) is 0 Å². The van der Waals surface area contributed by atoms with Crippen LogP contribution in [-0.4, -0.2) is 12.0 Å². The van der Waals surface area contributed by atoms with E-state index in [-0.39, 0.29) is 6.04 Å². The van der Waals surface area contributed by atoms with Crippen LogP contribution in [0.4, 0.5) is 0 Å². The zero-order valence-corrected chi connectivity index (χ0v) is 7.78. The van der Waals surface area contributed by atoms with E-state index in [1.807, 2.05) is 12.3 Å². The van der Waals surface area contributed by atoms with Gasteiger partial charge in [0.05, 0.1) is 6.04 Å². The molecule has 2 N–H and O–H groups in total. The Morgan fingerprint density at radius 2 is 2.45 bits per heavy atom. The van der Waals surface area contributed by atoms with E-state index in [2.05, 4.69) is 0 Å². The molecule has 1 unspecified atom stereocenters. The summed E-state index contributed by atoms with van der Waals surface area (Å²) in [5.74, 6) is 1.61. The van der Waals surface area contributed by atoms with Crippen LogP contribution in [0.15, 0.2) is 16.5 Å². The van der Waals surface area contributed by atoms with Crippen molar-refractivity contribution in [3.8, 4) is 0 Å². The minimum Gasteiger partial charge on any atom is -0.448 e. The van der Waals surface area contributed by atoms with Gasteiger partial charge in [0, 0.05) is 5.75 Å². The molecule has 2 nitrogen and oxygen atoms in total. The molecular formula is C7H10ClNOS. The molecule has 0 aliphatic carbocycles. The first-order valence-electron chi connectivity index (χ1n) is 3.24. The van der Waals surface area contributed by atoms with Crippen LogP contribution in [0.2, 0.25) is 5.22 Å². The minimum absolute atomic E-state index is 0.0440. The highest BCUT2D eigenvalue weighted by atomic mass is 35.5. The van der Waals surface area contributed by atoms with E-state index in [9.17, 15) is 0 Å². The molecular weight excluding hydrogens is 182 g/mol. The second-order valence-corrected chi connectivity index (χ2v) is 3.49. The largest absolute Gasteiger partial charge is 0.448 e. The van der Waals surface area contributed by atoms with Crippen molar-refractivity contribution in [2.75, 3.05) is 12.0 Å². The number of thioether (sulfide) groups is 1. The van der Waals surface area contributed by atoms with Gasteiger partial charge in [-0.1, -0.05) is 0 Å². The van der Waals surface area contributed by atoms with E-state index in [1.165, 1.54) is 0 Å². The third-order valence-corrected chi connectivity index (χ3v) is 2.20. The summed E-state index contributed by atoms with van der Waals surface area (Å²) in [4.78, 5) is 0.